The van der Waals surface area contributed by atoms with Gasteiger partial charge in [0, 0.05) is 32.9 Å². The first-order valence-corrected chi connectivity index (χ1v) is 21.5. The summed E-state index contributed by atoms with van der Waals surface area (Å²) in [4.78, 5) is 2.46. The minimum absolute atomic E-state index is 0.0420. The highest BCUT2D eigenvalue weighted by Crippen LogP contribution is 2.47. The molecular weight excluding hydrogens is 725 g/mol. The highest BCUT2D eigenvalue weighted by molar-refractivity contribution is 6.27. The van der Waals surface area contributed by atoms with Crippen molar-refractivity contribution < 1.29 is 0 Å². The van der Waals surface area contributed by atoms with Crippen molar-refractivity contribution >= 4 is 71.2 Å². The van der Waals surface area contributed by atoms with E-state index in [0.717, 1.165) is 17.1 Å². The summed E-state index contributed by atoms with van der Waals surface area (Å²) < 4.78 is 2.52. The molecule has 0 aliphatic carbocycles. The highest BCUT2D eigenvalue weighted by atomic mass is 15.1. The third-order valence-electron chi connectivity index (χ3n) is 12.8. The van der Waals surface area contributed by atoms with Crippen molar-refractivity contribution in [2.75, 3.05) is 4.90 Å². The predicted octanol–water partition coefficient (Wildman–Crippen LogP) is 16.7. The van der Waals surface area contributed by atoms with Gasteiger partial charge in [-0.1, -0.05) is 165 Å². The van der Waals surface area contributed by atoms with Crippen LogP contribution >= 0.6 is 0 Å². The van der Waals surface area contributed by atoms with Crippen molar-refractivity contribution in [2.45, 2.75) is 78.6 Å². The van der Waals surface area contributed by atoms with Crippen molar-refractivity contribution in [3.63, 3.8) is 0 Å². The number of rotatable bonds is 5. The van der Waals surface area contributed by atoms with E-state index in [4.69, 9.17) is 0 Å². The van der Waals surface area contributed by atoms with Crippen molar-refractivity contribution in [3.05, 3.63) is 180 Å². The van der Waals surface area contributed by atoms with Crippen LogP contribution in [-0.4, -0.2) is 4.57 Å². The molecule has 296 valence electrons. The lowest BCUT2D eigenvalue weighted by Crippen LogP contribution is -2.13. The minimum atomic E-state index is 0.0420. The summed E-state index contributed by atoms with van der Waals surface area (Å²) in [5.74, 6) is 0. The van der Waals surface area contributed by atoms with E-state index in [1.807, 2.05) is 0 Å². The molecule has 0 saturated heterocycles. The number of hydrogen-bond donors (Lipinski definition) is 0. The van der Waals surface area contributed by atoms with Gasteiger partial charge in [-0.05, 0) is 126 Å². The van der Waals surface area contributed by atoms with Gasteiger partial charge < -0.3 is 9.47 Å². The second-order valence-corrected chi connectivity index (χ2v) is 19.9. The zero-order chi connectivity index (χ0) is 41.7. The molecule has 0 atom stereocenters. The van der Waals surface area contributed by atoms with Crippen LogP contribution in [0, 0.1) is 0 Å². The molecule has 0 N–H and O–H groups in total. The molecule has 0 saturated carbocycles. The standard InChI is InChI=1S/C58H54N2/c1-56(2,3)41-22-26-44(27-23-41)59(45-17-13-16-40(34-45)37-14-11-10-12-15-37)50-30-20-38-19-29-47-51(31-21-39-18-28-46(50)54(38)55(39)47)60-52-32-24-42(57(4,5)6)35-48(52)49-36-43(58(7,8)9)25-33-53(49)60/h10-36H,1-9H3. The SMILES string of the molecule is CC(C)(C)c1ccc(N(c2cccc(-c3ccccc3)c2)c2ccc3ccc4c(-n5c6ccc(C(C)(C)C)cc6c6cc(C(C)(C)C)ccc65)ccc5ccc2c3c54)cc1. The number of hydrogen-bond acceptors (Lipinski definition) is 1. The Morgan fingerprint density at radius 2 is 0.883 bits per heavy atom. The lowest BCUT2D eigenvalue weighted by molar-refractivity contribution is 0.590. The van der Waals surface area contributed by atoms with Gasteiger partial charge in [-0.15, -0.1) is 0 Å². The molecule has 2 nitrogen and oxygen atoms in total. The van der Waals surface area contributed by atoms with Gasteiger partial charge in [0.25, 0.3) is 0 Å². The molecule has 9 aromatic carbocycles. The highest BCUT2D eigenvalue weighted by Gasteiger charge is 2.24. The van der Waals surface area contributed by atoms with Gasteiger partial charge in [0.1, 0.15) is 0 Å². The average molecular weight is 779 g/mol. The largest absolute Gasteiger partial charge is 0.310 e. The maximum Gasteiger partial charge on any atom is 0.0541 e. The average Bonchev–Trinajstić information content (AvgIpc) is 3.56. The predicted molar refractivity (Wildman–Crippen MR) is 261 cm³/mol. The molecule has 1 heterocycles. The second-order valence-electron chi connectivity index (χ2n) is 19.9. The van der Waals surface area contributed by atoms with E-state index < -0.39 is 0 Å². The lowest BCUT2D eigenvalue weighted by Gasteiger charge is -2.29. The quantitative estimate of drug-likeness (QED) is 0.158. The van der Waals surface area contributed by atoms with Gasteiger partial charge in [0.15, 0.2) is 0 Å². The number of benzene rings is 9. The van der Waals surface area contributed by atoms with E-state index in [2.05, 4.69) is 236 Å². The van der Waals surface area contributed by atoms with Gasteiger partial charge in [-0.25, -0.2) is 0 Å². The number of aromatic nitrogens is 1. The van der Waals surface area contributed by atoms with E-state index in [1.54, 1.807) is 0 Å². The summed E-state index contributed by atoms with van der Waals surface area (Å²) in [7, 11) is 0. The summed E-state index contributed by atoms with van der Waals surface area (Å²) >= 11 is 0. The molecule has 60 heavy (non-hydrogen) atoms. The Hall–Kier alpha value is -6.38. The number of nitrogens with zero attached hydrogens (tertiary/aromatic N) is 2. The van der Waals surface area contributed by atoms with Gasteiger partial charge in [-0.2, -0.15) is 0 Å². The first-order chi connectivity index (χ1) is 28.6. The van der Waals surface area contributed by atoms with Crippen molar-refractivity contribution in [1.82, 2.24) is 4.57 Å². The Morgan fingerprint density at radius 3 is 1.48 bits per heavy atom. The third kappa shape index (κ3) is 6.24. The molecule has 10 aromatic rings. The van der Waals surface area contributed by atoms with Gasteiger partial charge in [-0.3, -0.25) is 0 Å². The van der Waals surface area contributed by atoms with E-state index >= 15 is 0 Å². The van der Waals surface area contributed by atoms with Crippen LogP contribution in [0.25, 0.3) is 70.9 Å². The van der Waals surface area contributed by atoms with Crippen LogP contribution < -0.4 is 4.90 Å². The van der Waals surface area contributed by atoms with Crippen LogP contribution in [0.2, 0.25) is 0 Å². The lowest BCUT2D eigenvalue weighted by atomic mass is 9.85. The Morgan fingerprint density at radius 1 is 0.367 bits per heavy atom. The fourth-order valence-corrected chi connectivity index (χ4v) is 9.37. The number of fused-ring (bicyclic) bond motifs is 3. The summed E-state index contributed by atoms with van der Waals surface area (Å²) in [5.41, 5.74) is 13.7. The fraction of sp³-hybridized carbons (Fsp3) is 0.207. The Bertz CT molecular complexity index is 3160. The van der Waals surface area contributed by atoms with E-state index in [9.17, 15) is 0 Å². The molecule has 0 bridgehead atoms. The molecule has 2 heteroatoms. The first kappa shape index (κ1) is 37.9. The van der Waals surface area contributed by atoms with Crippen molar-refractivity contribution in [1.29, 1.82) is 0 Å². The Labute approximate surface area is 355 Å². The molecule has 10 rings (SSSR count). The molecule has 1 aromatic heterocycles. The normalized spacial score (nSPS) is 12.8. The smallest absolute Gasteiger partial charge is 0.0541 e. The molecule has 0 unspecified atom stereocenters. The molecule has 0 aliphatic rings. The zero-order valence-corrected chi connectivity index (χ0v) is 36.5. The fourth-order valence-electron chi connectivity index (χ4n) is 9.37. The summed E-state index contributed by atoms with van der Waals surface area (Å²) in [6.07, 6.45) is 0. The van der Waals surface area contributed by atoms with Gasteiger partial charge >= 0.3 is 0 Å². The van der Waals surface area contributed by atoms with Crippen molar-refractivity contribution in [2.24, 2.45) is 0 Å². The summed E-state index contributed by atoms with van der Waals surface area (Å²) in [5, 5.41) is 10.2. The van der Waals surface area contributed by atoms with Crippen LogP contribution in [-0.2, 0) is 16.2 Å². The van der Waals surface area contributed by atoms with Gasteiger partial charge in [0.05, 0.1) is 22.4 Å². The van der Waals surface area contributed by atoms with Crippen molar-refractivity contribution in [3.8, 4) is 16.8 Å². The molecular formula is C58H54N2. The van der Waals surface area contributed by atoms with E-state index in [0.29, 0.717) is 0 Å². The van der Waals surface area contributed by atoms with Gasteiger partial charge in [0.2, 0.25) is 0 Å². The van der Waals surface area contributed by atoms with Crippen LogP contribution in [0.3, 0.4) is 0 Å². The Balaban J connectivity index is 1.23. The summed E-state index contributed by atoms with van der Waals surface area (Å²) in [6.45, 7) is 20.7. The topological polar surface area (TPSA) is 8.17 Å². The molecule has 0 spiro atoms. The molecule has 0 fully saturated rings. The Kier molecular flexibility index (Phi) is 8.57. The van der Waals surface area contributed by atoms with E-state index in [-0.39, 0.29) is 16.2 Å². The van der Waals surface area contributed by atoms with Crippen LogP contribution in [0.4, 0.5) is 17.1 Å². The molecule has 0 radical (unpaired) electrons. The maximum absolute atomic E-state index is 2.52. The molecule has 0 aliphatic heterocycles. The summed E-state index contributed by atoms with van der Waals surface area (Å²) in [6, 6.07) is 61.8. The second kappa shape index (κ2) is 13.6. The third-order valence-corrected chi connectivity index (χ3v) is 12.8. The number of anilines is 3. The van der Waals surface area contributed by atoms with E-state index in [1.165, 1.54) is 87.6 Å². The monoisotopic (exact) mass is 778 g/mol. The zero-order valence-electron chi connectivity index (χ0n) is 36.5. The minimum Gasteiger partial charge on any atom is -0.310 e. The van der Waals surface area contributed by atoms with Crippen LogP contribution in [0.15, 0.2) is 164 Å². The first-order valence-electron chi connectivity index (χ1n) is 21.5. The maximum atomic E-state index is 2.52. The van der Waals surface area contributed by atoms with Crippen LogP contribution in [0.1, 0.15) is 79.0 Å². The molecule has 0 amide bonds. The van der Waals surface area contributed by atoms with Crippen LogP contribution in [0.5, 0.6) is 0 Å².